The molecule has 1 unspecified atom stereocenters. The minimum absolute atomic E-state index is 0.0000822. The Morgan fingerprint density at radius 3 is 2.54 bits per heavy atom. The van der Waals surface area contributed by atoms with Gasteiger partial charge in [-0.1, -0.05) is 13.8 Å². The molecule has 0 radical (unpaired) electrons. The summed E-state index contributed by atoms with van der Waals surface area (Å²) in [6.07, 6.45) is 1.83. The maximum atomic E-state index is 10.9. The summed E-state index contributed by atoms with van der Waals surface area (Å²) in [5.41, 5.74) is 0. The normalized spacial score (nSPS) is 12.2. The molecular formula is C9H17NO3. The van der Waals surface area contributed by atoms with E-state index in [4.69, 9.17) is 5.11 Å². The maximum Gasteiger partial charge on any atom is 0.306 e. The summed E-state index contributed by atoms with van der Waals surface area (Å²) in [4.78, 5) is 21.3. The van der Waals surface area contributed by atoms with Gasteiger partial charge < -0.3 is 10.4 Å². The van der Waals surface area contributed by atoms with Crippen molar-refractivity contribution in [1.29, 1.82) is 0 Å². The number of carboxylic acids is 1. The Labute approximate surface area is 78.3 Å². The number of amides is 1. The molecule has 0 aliphatic rings. The van der Waals surface area contributed by atoms with Crippen LogP contribution in [0.1, 0.15) is 33.1 Å². The Morgan fingerprint density at radius 2 is 2.08 bits per heavy atom. The second-order valence-corrected chi connectivity index (χ2v) is 3.13. The van der Waals surface area contributed by atoms with E-state index < -0.39 is 5.97 Å². The van der Waals surface area contributed by atoms with E-state index in [9.17, 15) is 9.59 Å². The van der Waals surface area contributed by atoms with E-state index in [1.807, 2.05) is 6.92 Å². The van der Waals surface area contributed by atoms with Gasteiger partial charge in [0, 0.05) is 13.0 Å². The summed E-state index contributed by atoms with van der Waals surface area (Å²) in [6.45, 7) is 4.01. The molecule has 0 aromatic rings. The zero-order valence-electron chi connectivity index (χ0n) is 8.17. The highest BCUT2D eigenvalue weighted by Crippen LogP contribution is 1.99. The fraction of sp³-hybridized carbons (Fsp3) is 0.778. The molecule has 0 aliphatic heterocycles. The standard InChI is InChI=1S/C9H17NO3/c1-3-4-8(11)10-6-5-7(2)9(12)13/h7H,3-6H2,1-2H3,(H,10,11)(H,12,13). The van der Waals surface area contributed by atoms with Crippen molar-refractivity contribution in [3.8, 4) is 0 Å². The average Bonchev–Trinajstić information content (AvgIpc) is 2.04. The molecule has 0 bridgehead atoms. The molecule has 0 aromatic heterocycles. The van der Waals surface area contributed by atoms with Crippen molar-refractivity contribution in [3.05, 3.63) is 0 Å². The van der Waals surface area contributed by atoms with E-state index in [2.05, 4.69) is 5.32 Å². The summed E-state index contributed by atoms with van der Waals surface area (Å²) in [5, 5.41) is 11.2. The van der Waals surface area contributed by atoms with Gasteiger partial charge in [-0.05, 0) is 12.8 Å². The van der Waals surface area contributed by atoms with Crippen LogP contribution in [-0.4, -0.2) is 23.5 Å². The molecule has 0 saturated heterocycles. The molecular weight excluding hydrogens is 170 g/mol. The van der Waals surface area contributed by atoms with Crippen LogP contribution in [0.25, 0.3) is 0 Å². The van der Waals surface area contributed by atoms with Gasteiger partial charge in [0.05, 0.1) is 5.92 Å². The Bertz CT molecular complexity index is 180. The van der Waals surface area contributed by atoms with Crippen molar-refractivity contribution in [1.82, 2.24) is 5.32 Å². The number of hydrogen-bond acceptors (Lipinski definition) is 2. The van der Waals surface area contributed by atoms with Gasteiger partial charge in [-0.25, -0.2) is 0 Å². The second-order valence-electron chi connectivity index (χ2n) is 3.13. The minimum atomic E-state index is -0.815. The molecule has 4 nitrogen and oxygen atoms in total. The van der Waals surface area contributed by atoms with E-state index in [0.717, 1.165) is 6.42 Å². The van der Waals surface area contributed by atoms with Crippen LogP contribution in [0.4, 0.5) is 0 Å². The van der Waals surface area contributed by atoms with Crippen molar-refractivity contribution in [2.75, 3.05) is 6.54 Å². The summed E-state index contributed by atoms with van der Waals surface area (Å²) >= 11 is 0. The van der Waals surface area contributed by atoms with E-state index in [0.29, 0.717) is 19.4 Å². The van der Waals surface area contributed by atoms with Crippen LogP contribution in [0.5, 0.6) is 0 Å². The predicted molar refractivity (Wildman–Crippen MR) is 49.3 cm³/mol. The lowest BCUT2D eigenvalue weighted by molar-refractivity contribution is -0.141. The molecule has 76 valence electrons. The van der Waals surface area contributed by atoms with Crippen LogP contribution in [0.15, 0.2) is 0 Å². The van der Waals surface area contributed by atoms with Crippen LogP contribution in [0.2, 0.25) is 0 Å². The number of aliphatic carboxylic acids is 1. The monoisotopic (exact) mass is 187 g/mol. The molecule has 0 fully saturated rings. The lowest BCUT2D eigenvalue weighted by Gasteiger charge is -2.06. The average molecular weight is 187 g/mol. The van der Waals surface area contributed by atoms with Gasteiger partial charge in [0.2, 0.25) is 5.91 Å². The van der Waals surface area contributed by atoms with Crippen molar-refractivity contribution >= 4 is 11.9 Å². The topological polar surface area (TPSA) is 66.4 Å². The zero-order valence-corrected chi connectivity index (χ0v) is 8.17. The third-order valence-corrected chi connectivity index (χ3v) is 1.80. The molecule has 2 N–H and O–H groups in total. The molecule has 0 rings (SSSR count). The van der Waals surface area contributed by atoms with Gasteiger partial charge in [-0.2, -0.15) is 0 Å². The molecule has 0 aromatic carbocycles. The number of carboxylic acid groups (broad SMARTS) is 1. The summed E-state index contributed by atoms with van der Waals surface area (Å²) < 4.78 is 0. The third kappa shape index (κ3) is 6.13. The van der Waals surface area contributed by atoms with E-state index >= 15 is 0 Å². The Hall–Kier alpha value is -1.06. The fourth-order valence-corrected chi connectivity index (χ4v) is 0.867. The highest BCUT2D eigenvalue weighted by atomic mass is 16.4. The van der Waals surface area contributed by atoms with Crippen molar-refractivity contribution in [2.45, 2.75) is 33.1 Å². The Balaban J connectivity index is 3.44. The molecule has 0 saturated carbocycles. The van der Waals surface area contributed by atoms with Crippen LogP contribution >= 0.6 is 0 Å². The number of rotatable bonds is 6. The van der Waals surface area contributed by atoms with E-state index in [-0.39, 0.29) is 11.8 Å². The first-order chi connectivity index (χ1) is 6.07. The van der Waals surface area contributed by atoms with Crippen molar-refractivity contribution < 1.29 is 14.7 Å². The first-order valence-corrected chi connectivity index (χ1v) is 4.57. The predicted octanol–water partition coefficient (Wildman–Crippen LogP) is 1.01. The lowest BCUT2D eigenvalue weighted by atomic mass is 10.1. The molecule has 4 heteroatoms. The van der Waals surface area contributed by atoms with Gasteiger partial charge in [0.1, 0.15) is 0 Å². The first kappa shape index (κ1) is 11.9. The van der Waals surface area contributed by atoms with Crippen molar-refractivity contribution in [2.24, 2.45) is 5.92 Å². The summed E-state index contributed by atoms with van der Waals surface area (Å²) in [7, 11) is 0. The molecule has 1 amide bonds. The van der Waals surface area contributed by atoms with Gasteiger partial charge in [-0.3, -0.25) is 9.59 Å². The smallest absolute Gasteiger partial charge is 0.306 e. The van der Waals surface area contributed by atoms with Crippen LogP contribution in [-0.2, 0) is 9.59 Å². The number of hydrogen-bond donors (Lipinski definition) is 2. The van der Waals surface area contributed by atoms with Gasteiger partial charge in [0.15, 0.2) is 0 Å². The van der Waals surface area contributed by atoms with Crippen LogP contribution < -0.4 is 5.32 Å². The highest BCUT2D eigenvalue weighted by molar-refractivity contribution is 5.75. The zero-order chi connectivity index (χ0) is 10.3. The SMILES string of the molecule is CCCC(=O)NCCC(C)C(=O)O. The fourth-order valence-electron chi connectivity index (χ4n) is 0.867. The van der Waals surface area contributed by atoms with Crippen LogP contribution in [0.3, 0.4) is 0 Å². The largest absolute Gasteiger partial charge is 0.481 e. The minimum Gasteiger partial charge on any atom is -0.481 e. The Kier molecular flexibility index (Phi) is 5.93. The van der Waals surface area contributed by atoms with Gasteiger partial charge in [0.25, 0.3) is 0 Å². The molecule has 0 heterocycles. The molecule has 13 heavy (non-hydrogen) atoms. The molecule has 1 atom stereocenters. The summed E-state index contributed by atoms with van der Waals surface area (Å²) in [5.74, 6) is -1.20. The van der Waals surface area contributed by atoms with Crippen molar-refractivity contribution in [3.63, 3.8) is 0 Å². The second kappa shape index (κ2) is 6.46. The van der Waals surface area contributed by atoms with Gasteiger partial charge in [-0.15, -0.1) is 0 Å². The highest BCUT2D eigenvalue weighted by Gasteiger charge is 2.10. The Morgan fingerprint density at radius 1 is 1.46 bits per heavy atom. The molecule has 0 aliphatic carbocycles. The number of carbonyl (C=O) groups is 2. The molecule has 0 spiro atoms. The first-order valence-electron chi connectivity index (χ1n) is 4.57. The third-order valence-electron chi connectivity index (χ3n) is 1.80. The number of carbonyl (C=O) groups excluding carboxylic acids is 1. The van der Waals surface area contributed by atoms with Crippen LogP contribution in [0, 0.1) is 5.92 Å². The lowest BCUT2D eigenvalue weighted by Crippen LogP contribution is -2.26. The van der Waals surface area contributed by atoms with E-state index in [1.54, 1.807) is 6.92 Å². The quantitative estimate of drug-likeness (QED) is 0.652. The number of nitrogens with one attached hydrogen (secondary N) is 1. The van der Waals surface area contributed by atoms with Gasteiger partial charge >= 0.3 is 5.97 Å². The maximum absolute atomic E-state index is 10.9. The van der Waals surface area contributed by atoms with E-state index in [1.165, 1.54) is 0 Å². The summed E-state index contributed by atoms with van der Waals surface area (Å²) in [6, 6.07) is 0.